The van der Waals surface area contributed by atoms with Crippen LogP contribution < -0.4 is 5.32 Å². The summed E-state index contributed by atoms with van der Waals surface area (Å²) < 4.78 is 13.8. The predicted molar refractivity (Wildman–Crippen MR) is 68.8 cm³/mol. The molecule has 1 saturated heterocycles. The number of carbonyl (C=O) groups is 1. The number of benzene rings is 1. The fourth-order valence-corrected chi connectivity index (χ4v) is 2.35. The van der Waals surface area contributed by atoms with Crippen LogP contribution >= 0.6 is 0 Å². The summed E-state index contributed by atoms with van der Waals surface area (Å²) in [4.78, 5) is 12.9. The van der Waals surface area contributed by atoms with E-state index in [0.29, 0.717) is 19.6 Å². The Labute approximate surface area is 107 Å². The van der Waals surface area contributed by atoms with Crippen molar-refractivity contribution in [2.24, 2.45) is 5.92 Å². The van der Waals surface area contributed by atoms with E-state index >= 15 is 0 Å². The molecule has 18 heavy (non-hydrogen) atoms. The van der Waals surface area contributed by atoms with E-state index in [0.717, 1.165) is 6.54 Å². The standard InChI is InChI=1S/C14H19FN2O/c1-11(18)16-7-13-9-17(10-14(13)15)8-12-5-3-2-4-6-12/h2-6,13-14H,7-10H2,1H3,(H,16,18)/t13-,14+/m1/s1. The quantitative estimate of drug-likeness (QED) is 0.880. The van der Waals surface area contributed by atoms with E-state index in [1.54, 1.807) is 0 Å². The van der Waals surface area contributed by atoms with Gasteiger partial charge in [0, 0.05) is 39.0 Å². The van der Waals surface area contributed by atoms with E-state index in [-0.39, 0.29) is 11.8 Å². The minimum Gasteiger partial charge on any atom is -0.356 e. The predicted octanol–water partition coefficient (Wildman–Crippen LogP) is 1.59. The van der Waals surface area contributed by atoms with Crippen molar-refractivity contribution in [3.05, 3.63) is 35.9 Å². The van der Waals surface area contributed by atoms with E-state index < -0.39 is 6.17 Å². The average molecular weight is 250 g/mol. The molecule has 2 rings (SSSR count). The van der Waals surface area contributed by atoms with Gasteiger partial charge in [-0.25, -0.2) is 4.39 Å². The van der Waals surface area contributed by atoms with Crippen molar-refractivity contribution in [2.75, 3.05) is 19.6 Å². The Morgan fingerprint density at radius 3 is 2.78 bits per heavy atom. The average Bonchev–Trinajstić information content (AvgIpc) is 2.68. The van der Waals surface area contributed by atoms with Gasteiger partial charge in [0.25, 0.3) is 0 Å². The number of alkyl halides is 1. The second-order valence-corrected chi connectivity index (χ2v) is 4.89. The molecule has 0 saturated carbocycles. The molecule has 0 aromatic heterocycles. The van der Waals surface area contributed by atoms with Crippen molar-refractivity contribution >= 4 is 5.91 Å². The van der Waals surface area contributed by atoms with E-state index in [2.05, 4.69) is 10.2 Å². The summed E-state index contributed by atoms with van der Waals surface area (Å²) >= 11 is 0. The number of amides is 1. The van der Waals surface area contributed by atoms with Crippen molar-refractivity contribution < 1.29 is 9.18 Å². The highest BCUT2D eigenvalue weighted by molar-refractivity contribution is 5.72. The molecule has 3 nitrogen and oxygen atoms in total. The molecule has 0 aliphatic carbocycles. The Balaban J connectivity index is 1.84. The summed E-state index contributed by atoms with van der Waals surface area (Å²) in [6.45, 7) is 3.83. The lowest BCUT2D eigenvalue weighted by Gasteiger charge is -2.15. The van der Waals surface area contributed by atoms with Crippen LogP contribution in [0.4, 0.5) is 4.39 Å². The fraction of sp³-hybridized carbons (Fsp3) is 0.500. The number of nitrogens with one attached hydrogen (secondary N) is 1. The molecule has 2 atom stereocenters. The van der Waals surface area contributed by atoms with Crippen LogP contribution in [0.25, 0.3) is 0 Å². The summed E-state index contributed by atoms with van der Waals surface area (Å²) in [5.74, 6) is -0.179. The normalized spacial score (nSPS) is 24.1. The van der Waals surface area contributed by atoms with Gasteiger partial charge in [-0.15, -0.1) is 0 Å². The topological polar surface area (TPSA) is 32.3 Å². The zero-order valence-corrected chi connectivity index (χ0v) is 10.6. The number of carbonyl (C=O) groups excluding carboxylic acids is 1. The first-order valence-electron chi connectivity index (χ1n) is 6.30. The van der Waals surface area contributed by atoms with Crippen molar-refractivity contribution in [1.29, 1.82) is 0 Å². The summed E-state index contributed by atoms with van der Waals surface area (Å²) in [6.07, 6.45) is -0.847. The van der Waals surface area contributed by atoms with Crippen LogP contribution in [0.1, 0.15) is 12.5 Å². The van der Waals surface area contributed by atoms with E-state index in [4.69, 9.17) is 0 Å². The fourth-order valence-electron chi connectivity index (χ4n) is 2.35. The second-order valence-electron chi connectivity index (χ2n) is 4.89. The lowest BCUT2D eigenvalue weighted by Crippen LogP contribution is -2.31. The minimum atomic E-state index is -0.847. The molecule has 0 unspecified atom stereocenters. The number of likely N-dealkylation sites (tertiary alicyclic amines) is 1. The van der Waals surface area contributed by atoms with Crippen molar-refractivity contribution in [3.8, 4) is 0 Å². The molecule has 0 radical (unpaired) electrons. The number of nitrogens with zero attached hydrogens (tertiary/aromatic N) is 1. The number of hydrogen-bond acceptors (Lipinski definition) is 2. The van der Waals surface area contributed by atoms with Gasteiger partial charge in [-0.1, -0.05) is 30.3 Å². The zero-order chi connectivity index (χ0) is 13.0. The highest BCUT2D eigenvalue weighted by Crippen LogP contribution is 2.21. The highest BCUT2D eigenvalue weighted by atomic mass is 19.1. The molecule has 0 bridgehead atoms. The van der Waals surface area contributed by atoms with Gasteiger partial charge in [0.1, 0.15) is 6.17 Å². The maximum Gasteiger partial charge on any atom is 0.216 e. The molecule has 1 fully saturated rings. The molecule has 1 aromatic carbocycles. The molecular weight excluding hydrogens is 231 g/mol. The second kappa shape index (κ2) is 5.96. The lowest BCUT2D eigenvalue weighted by molar-refractivity contribution is -0.119. The third-order valence-corrected chi connectivity index (χ3v) is 3.30. The summed E-state index contributed by atoms with van der Waals surface area (Å²) in [7, 11) is 0. The first-order valence-corrected chi connectivity index (χ1v) is 6.30. The molecule has 0 spiro atoms. The summed E-state index contributed by atoms with van der Waals surface area (Å²) in [5.41, 5.74) is 1.20. The zero-order valence-electron chi connectivity index (χ0n) is 10.6. The molecule has 1 aliphatic rings. The Morgan fingerprint density at radius 2 is 2.11 bits per heavy atom. The van der Waals surface area contributed by atoms with Crippen LogP contribution in [0.3, 0.4) is 0 Å². The largest absolute Gasteiger partial charge is 0.356 e. The van der Waals surface area contributed by atoms with E-state index in [9.17, 15) is 9.18 Å². The molecule has 1 amide bonds. The van der Waals surface area contributed by atoms with E-state index in [1.165, 1.54) is 12.5 Å². The molecule has 4 heteroatoms. The molecule has 1 heterocycles. The number of rotatable bonds is 4. The van der Waals surface area contributed by atoms with Crippen LogP contribution in [0.15, 0.2) is 30.3 Å². The Kier molecular flexibility index (Phi) is 4.31. The SMILES string of the molecule is CC(=O)NC[C@@H]1CN(Cc2ccccc2)C[C@@H]1F. The number of hydrogen-bond donors (Lipinski definition) is 1. The van der Waals surface area contributed by atoms with Crippen LogP contribution in [-0.2, 0) is 11.3 Å². The van der Waals surface area contributed by atoms with Crippen molar-refractivity contribution in [1.82, 2.24) is 10.2 Å². The summed E-state index contributed by atoms with van der Waals surface area (Å²) in [6, 6.07) is 10.1. The molecule has 1 aliphatic heterocycles. The summed E-state index contributed by atoms with van der Waals surface area (Å²) in [5, 5.41) is 2.70. The van der Waals surface area contributed by atoms with Crippen LogP contribution in [-0.4, -0.2) is 36.6 Å². The maximum absolute atomic E-state index is 13.8. The van der Waals surface area contributed by atoms with Crippen molar-refractivity contribution in [2.45, 2.75) is 19.6 Å². The first kappa shape index (κ1) is 13.0. The van der Waals surface area contributed by atoms with Gasteiger partial charge in [0.15, 0.2) is 0 Å². The minimum absolute atomic E-state index is 0.0855. The molecule has 1 N–H and O–H groups in total. The molecule has 98 valence electrons. The lowest BCUT2D eigenvalue weighted by atomic mass is 10.1. The Bertz CT molecular complexity index is 396. The monoisotopic (exact) mass is 250 g/mol. The van der Waals surface area contributed by atoms with Crippen LogP contribution in [0.5, 0.6) is 0 Å². The van der Waals surface area contributed by atoms with Gasteiger partial charge in [0.05, 0.1) is 0 Å². The molecule has 1 aromatic rings. The smallest absolute Gasteiger partial charge is 0.216 e. The van der Waals surface area contributed by atoms with Gasteiger partial charge < -0.3 is 5.32 Å². The third-order valence-electron chi connectivity index (χ3n) is 3.30. The Morgan fingerprint density at radius 1 is 1.39 bits per heavy atom. The third kappa shape index (κ3) is 3.53. The molecular formula is C14H19FN2O. The Hall–Kier alpha value is -1.42. The highest BCUT2D eigenvalue weighted by Gasteiger charge is 2.32. The van der Waals surface area contributed by atoms with Gasteiger partial charge >= 0.3 is 0 Å². The van der Waals surface area contributed by atoms with E-state index in [1.807, 2.05) is 30.3 Å². The number of halogens is 1. The first-order chi connectivity index (χ1) is 8.65. The van der Waals surface area contributed by atoms with Gasteiger partial charge in [-0.05, 0) is 5.56 Å². The van der Waals surface area contributed by atoms with Gasteiger partial charge in [-0.2, -0.15) is 0 Å². The van der Waals surface area contributed by atoms with Crippen LogP contribution in [0.2, 0.25) is 0 Å². The van der Waals surface area contributed by atoms with Gasteiger partial charge in [0.2, 0.25) is 5.91 Å². The van der Waals surface area contributed by atoms with Crippen LogP contribution in [0, 0.1) is 5.92 Å². The van der Waals surface area contributed by atoms with Gasteiger partial charge in [-0.3, -0.25) is 9.69 Å². The maximum atomic E-state index is 13.8. The van der Waals surface area contributed by atoms with Crippen molar-refractivity contribution in [3.63, 3.8) is 0 Å².